The van der Waals surface area contributed by atoms with Gasteiger partial charge in [-0.15, -0.1) is 0 Å². The highest BCUT2D eigenvalue weighted by Crippen LogP contribution is 2.27. The van der Waals surface area contributed by atoms with E-state index in [-0.39, 0.29) is 0 Å². The zero-order valence-corrected chi connectivity index (χ0v) is 27.6. The second kappa shape index (κ2) is 27.4. The Morgan fingerprint density at radius 2 is 0.795 bits per heavy atom. The summed E-state index contributed by atoms with van der Waals surface area (Å²) < 4.78 is 2.49. The Balaban J connectivity index is 2.09. The van der Waals surface area contributed by atoms with Crippen molar-refractivity contribution in [3.05, 3.63) is 18.2 Å². The van der Waals surface area contributed by atoms with E-state index >= 15 is 0 Å². The summed E-state index contributed by atoms with van der Waals surface area (Å²) >= 11 is 0. The first kappa shape index (κ1) is 36.2. The average molecular weight is 546 g/mol. The number of aromatic nitrogens is 2. The van der Waals surface area contributed by atoms with E-state index in [0.29, 0.717) is 12.0 Å². The van der Waals surface area contributed by atoms with E-state index in [1.807, 2.05) is 0 Å². The summed E-state index contributed by atoms with van der Waals surface area (Å²) in [7, 11) is 0. The summed E-state index contributed by atoms with van der Waals surface area (Å²) in [6, 6.07) is 0.549. The Morgan fingerprint density at radius 3 is 1.10 bits per heavy atom. The molecule has 1 heterocycles. The number of hydrogen-bond acceptors (Lipinski definition) is 0. The van der Waals surface area contributed by atoms with Gasteiger partial charge < -0.3 is 0 Å². The lowest BCUT2D eigenvalue weighted by Crippen LogP contribution is -2.39. The van der Waals surface area contributed by atoms with Crippen LogP contribution in [0.4, 0.5) is 0 Å². The van der Waals surface area contributed by atoms with Crippen molar-refractivity contribution in [2.75, 3.05) is 0 Å². The number of rotatable bonds is 30. The van der Waals surface area contributed by atoms with Gasteiger partial charge in [-0.3, -0.25) is 0 Å². The van der Waals surface area contributed by atoms with E-state index in [1.165, 1.54) is 186 Å². The normalized spacial score (nSPS) is 12.5. The van der Waals surface area contributed by atoms with E-state index < -0.39 is 0 Å². The molecule has 2 nitrogen and oxygen atoms in total. The molecule has 1 atom stereocenters. The number of nitrogens with zero attached hydrogens (tertiary/aromatic N) is 1. The standard InChI is InChI=1S/C37H72N2/c1-5-7-9-11-13-15-16-17-18-19-20-21-22-24-26-28-30-32-36(37-38-33-34-39(37)35(3)4)31-29-27-25-23-14-12-10-8-6-2/h33-36H,5-32H2,1-4H3/p+1/t36-/m0/s1. The summed E-state index contributed by atoms with van der Waals surface area (Å²) in [6.45, 7) is 9.26. The van der Waals surface area contributed by atoms with E-state index in [0.717, 1.165) is 0 Å². The molecule has 0 aliphatic heterocycles. The molecule has 0 saturated carbocycles. The molecule has 0 spiro atoms. The summed E-state index contributed by atoms with van der Waals surface area (Å²) in [5.41, 5.74) is 0. The van der Waals surface area contributed by atoms with E-state index in [9.17, 15) is 0 Å². The fraction of sp³-hybridized carbons (Fsp3) is 0.919. The third-order valence-electron chi connectivity index (χ3n) is 9.00. The minimum atomic E-state index is 0.549. The molecule has 1 aromatic heterocycles. The summed E-state index contributed by atoms with van der Waals surface area (Å²) in [5, 5.41) is 0. The predicted molar refractivity (Wildman–Crippen MR) is 175 cm³/mol. The Labute approximate surface area is 246 Å². The van der Waals surface area contributed by atoms with Gasteiger partial charge in [0.1, 0.15) is 12.4 Å². The van der Waals surface area contributed by atoms with Crippen LogP contribution < -0.4 is 4.57 Å². The first-order valence-corrected chi connectivity index (χ1v) is 18.3. The van der Waals surface area contributed by atoms with Crippen molar-refractivity contribution in [1.82, 2.24) is 4.98 Å². The highest BCUT2D eigenvalue weighted by Gasteiger charge is 2.23. The molecule has 1 rings (SSSR count). The van der Waals surface area contributed by atoms with Crippen LogP contribution >= 0.6 is 0 Å². The van der Waals surface area contributed by atoms with Gasteiger partial charge in [-0.1, -0.05) is 181 Å². The van der Waals surface area contributed by atoms with E-state index in [1.54, 1.807) is 0 Å². The summed E-state index contributed by atoms with van der Waals surface area (Å²) in [6.07, 6.45) is 44.7. The smallest absolute Gasteiger partial charge is 0.247 e. The lowest BCUT2D eigenvalue weighted by molar-refractivity contribution is -0.723. The molecule has 2 heteroatoms. The number of aromatic amines is 1. The van der Waals surface area contributed by atoms with Crippen molar-refractivity contribution in [3.8, 4) is 0 Å². The molecule has 230 valence electrons. The van der Waals surface area contributed by atoms with E-state index in [4.69, 9.17) is 0 Å². The highest BCUT2D eigenvalue weighted by molar-refractivity contribution is 4.90. The summed E-state index contributed by atoms with van der Waals surface area (Å²) in [4.78, 5) is 3.64. The summed E-state index contributed by atoms with van der Waals surface area (Å²) in [5.74, 6) is 2.20. The molecule has 0 aromatic carbocycles. The highest BCUT2D eigenvalue weighted by atomic mass is 15.1. The van der Waals surface area contributed by atoms with Crippen LogP contribution in [0, 0.1) is 0 Å². The van der Waals surface area contributed by atoms with Crippen molar-refractivity contribution >= 4 is 0 Å². The van der Waals surface area contributed by atoms with Crippen LogP contribution in [0.15, 0.2) is 12.4 Å². The molecule has 0 saturated heterocycles. The van der Waals surface area contributed by atoms with Gasteiger partial charge in [-0.2, -0.15) is 0 Å². The van der Waals surface area contributed by atoms with Crippen LogP contribution in [-0.4, -0.2) is 4.98 Å². The fourth-order valence-corrected chi connectivity index (χ4v) is 6.37. The lowest BCUT2D eigenvalue weighted by Gasteiger charge is -2.15. The Hall–Kier alpha value is -0.790. The van der Waals surface area contributed by atoms with E-state index in [2.05, 4.69) is 49.6 Å². The Kier molecular flexibility index (Phi) is 25.4. The van der Waals surface area contributed by atoms with Crippen LogP contribution in [0.25, 0.3) is 0 Å². The molecule has 0 unspecified atom stereocenters. The average Bonchev–Trinajstić information content (AvgIpc) is 3.43. The largest absolute Gasteiger partial charge is 0.257 e. The Bertz CT molecular complexity index is 604. The van der Waals surface area contributed by atoms with Crippen molar-refractivity contribution in [3.63, 3.8) is 0 Å². The van der Waals surface area contributed by atoms with Crippen LogP contribution in [0.1, 0.15) is 225 Å². The fourth-order valence-electron chi connectivity index (χ4n) is 6.37. The van der Waals surface area contributed by atoms with Crippen molar-refractivity contribution in [2.24, 2.45) is 0 Å². The monoisotopic (exact) mass is 546 g/mol. The molecule has 0 aliphatic carbocycles. The van der Waals surface area contributed by atoms with Gasteiger partial charge in [0.25, 0.3) is 5.82 Å². The molecule has 0 aliphatic rings. The quantitative estimate of drug-likeness (QED) is 0.0732. The van der Waals surface area contributed by atoms with Crippen molar-refractivity contribution in [1.29, 1.82) is 0 Å². The van der Waals surface area contributed by atoms with Gasteiger partial charge in [-0.25, -0.2) is 9.55 Å². The number of unbranched alkanes of at least 4 members (excludes halogenated alkanes) is 24. The maximum Gasteiger partial charge on any atom is 0.257 e. The molecule has 0 radical (unpaired) electrons. The second-order valence-corrected chi connectivity index (χ2v) is 13.1. The van der Waals surface area contributed by atoms with Crippen LogP contribution in [0.5, 0.6) is 0 Å². The van der Waals surface area contributed by atoms with Gasteiger partial charge >= 0.3 is 0 Å². The van der Waals surface area contributed by atoms with Crippen LogP contribution in [-0.2, 0) is 0 Å². The van der Waals surface area contributed by atoms with Gasteiger partial charge in [0.15, 0.2) is 0 Å². The third kappa shape index (κ3) is 20.7. The number of H-pyrrole nitrogens is 1. The number of nitrogens with one attached hydrogen (secondary N) is 1. The topological polar surface area (TPSA) is 19.7 Å². The molecule has 1 aromatic rings. The molecular formula is C37H73N2+. The van der Waals surface area contributed by atoms with Gasteiger partial charge in [-0.05, 0) is 26.7 Å². The predicted octanol–water partition coefficient (Wildman–Crippen LogP) is 12.9. The van der Waals surface area contributed by atoms with Crippen LogP contribution in [0.3, 0.4) is 0 Å². The first-order chi connectivity index (χ1) is 19.2. The first-order valence-electron chi connectivity index (χ1n) is 18.3. The number of hydrogen-bond donors (Lipinski definition) is 1. The van der Waals surface area contributed by atoms with Gasteiger partial charge in [0, 0.05) is 0 Å². The van der Waals surface area contributed by atoms with Gasteiger partial charge in [0.2, 0.25) is 0 Å². The molecule has 39 heavy (non-hydrogen) atoms. The third-order valence-corrected chi connectivity index (χ3v) is 9.00. The molecule has 0 fully saturated rings. The minimum absolute atomic E-state index is 0.549. The van der Waals surface area contributed by atoms with Gasteiger partial charge in [0.05, 0.1) is 12.0 Å². The maximum atomic E-state index is 3.64. The van der Waals surface area contributed by atoms with Crippen molar-refractivity contribution < 1.29 is 4.57 Å². The zero-order valence-electron chi connectivity index (χ0n) is 27.6. The Morgan fingerprint density at radius 1 is 0.487 bits per heavy atom. The lowest BCUT2D eigenvalue weighted by atomic mass is 9.93. The number of imidazole rings is 1. The molecule has 1 N–H and O–H groups in total. The zero-order chi connectivity index (χ0) is 28.2. The van der Waals surface area contributed by atoms with Crippen LogP contribution in [0.2, 0.25) is 0 Å². The second-order valence-electron chi connectivity index (χ2n) is 13.1. The minimum Gasteiger partial charge on any atom is -0.247 e. The van der Waals surface area contributed by atoms with Crippen molar-refractivity contribution in [2.45, 2.75) is 219 Å². The molecule has 0 bridgehead atoms. The SMILES string of the molecule is CCCCCCCCCCCCCCCCCCC[C@H](CCCCCCCCCCC)c1[nH]cc[n+]1C(C)C. The molecular weight excluding hydrogens is 472 g/mol. The maximum absolute atomic E-state index is 3.64. The molecule has 0 amide bonds.